The molecule has 8 heteroatoms. The van der Waals surface area contributed by atoms with Gasteiger partial charge in [0.15, 0.2) is 18.1 Å². The monoisotopic (exact) mass is 397 g/mol. The minimum absolute atomic E-state index is 0.0963. The van der Waals surface area contributed by atoms with Gasteiger partial charge in [0.2, 0.25) is 11.7 Å². The van der Waals surface area contributed by atoms with Crippen molar-refractivity contribution in [1.29, 1.82) is 0 Å². The number of nitrogens with zero attached hydrogens (tertiary/aromatic N) is 2. The van der Waals surface area contributed by atoms with Gasteiger partial charge in [-0.1, -0.05) is 17.3 Å². The summed E-state index contributed by atoms with van der Waals surface area (Å²) in [5, 5.41) is 6.65. The minimum Gasteiger partial charge on any atom is -0.493 e. The molecule has 0 atom stereocenters. The Morgan fingerprint density at radius 2 is 1.83 bits per heavy atom. The van der Waals surface area contributed by atoms with E-state index in [-0.39, 0.29) is 24.9 Å². The van der Waals surface area contributed by atoms with E-state index in [2.05, 4.69) is 15.5 Å². The van der Waals surface area contributed by atoms with Gasteiger partial charge in [0.05, 0.1) is 20.8 Å². The van der Waals surface area contributed by atoms with Crippen LogP contribution in [0.25, 0.3) is 11.4 Å². The normalized spacial score (nSPS) is 10.5. The van der Waals surface area contributed by atoms with Crippen LogP contribution in [0.1, 0.15) is 17.0 Å². The van der Waals surface area contributed by atoms with Crippen molar-refractivity contribution in [2.45, 2.75) is 20.4 Å². The fraction of sp³-hybridized carbons (Fsp3) is 0.286. The summed E-state index contributed by atoms with van der Waals surface area (Å²) in [6.07, 6.45) is 0. The van der Waals surface area contributed by atoms with Gasteiger partial charge in [-0.15, -0.1) is 0 Å². The first-order valence-electron chi connectivity index (χ1n) is 9.02. The number of ether oxygens (including phenoxy) is 3. The van der Waals surface area contributed by atoms with Gasteiger partial charge >= 0.3 is 0 Å². The van der Waals surface area contributed by atoms with E-state index in [4.69, 9.17) is 18.7 Å². The number of rotatable bonds is 8. The molecular weight excluding hydrogens is 374 g/mol. The standard InChI is InChI=1S/C21H23N3O5/c1-13-5-6-14(2)17(9-13)28-12-19(25)22-11-20-23-21(24-29-20)15-7-8-16(26-3)18(10-15)27-4/h5-10H,11-12H2,1-4H3,(H,22,25). The fourth-order valence-electron chi connectivity index (χ4n) is 2.65. The molecule has 0 unspecified atom stereocenters. The number of amides is 1. The van der Waals surface area contributed by atoms with Gasteiger partial charge in [-0.05, 0) is 49.2 Å². The zero-order chi connectivity index (χ0) is 20.8. The van der Waals surface area contributed by atoms with Crippen molar-refractivity contribution >= 4 is 5.91 Å². The number of aromatic nitrogens is 2. The van der Waals surface area contributed by atoms with E-state index in [9.17, 15) is 4.79 Å². The number of methoxy groups -OCH3 is 2. The van der Waals surface area contributed by atoms with Crippen LogP contribution in [-0.2, 0) is 11.3 Å². The highest BCUT2D eigenvalue weighted by molar-refractivity contribution is 5.77. The van der Waals surface area contributed by atoms with E-state index in [1.165, 1.54) is 0 Å². The lowest BCUT2D eigenvalue weighted by atomic mass is 10.1. The van der Waals surface area contributed by atoms with Crippen molar-refractivity contribution in [3.63, 3.8) is 0 Å². The first-order chi connectivity index (χ1) is 14.0. The van der Waals surface area contributed by atoms with Gasteiger partial charge in [0.25, 0.3) is 5.91 Å². The van der Waals surface area contributed by atoms with Crippen LogP contribution in [0.4, 0.5) is 0 Å². The molecule has 29 heavy (non-hydrogen) atoms. The Hall–Kier alpha value is -3.55. The third-order valence-electron chi connectivity index (χ3n) is 4.25. The summed E-state index contributed by atoms with van der Waals surface area (Å²) in [4.78, 5) is 16.4. The summed E-state index contributed by atoms with van der Waals surface area (Å²) in [5.41, 5.74) is 2.75. The molecule has 1 aromatic heterocycles. The zero-order valence-corrected chi connectivity index (χ0v) is 16.8. The van der Waals surface area contributed by atoms with Crippen LogP contribution < -0.4 is 19.5 Å². The molecule has 3 aromatic rings. The largest absolute Gasteiger partial charge is 0.493 e. The molecule has 152 valence electrons. The van der Waals surface area contributed by atoms with Crippen molar-refractivity contribution in [1.82, 2.24) is 15.5 Å². The van der Waals surface area contributed by atoms with E-state index >= 15 is 0 Å². The van der Waals surface area contributed by atoms with E-state index < -0.39 is 0 Å². The van der Waals surface area contributed by atoms with E-state index in [0.717, 1.165) is 11.1 Å². The second kappa shape index (κ2) is 9.09. The van der Waals surface area contributed by atoms with Gasteiger partial charge < -0.3 is 24.1 Å². The molecule has 2 aromatic carbocycles. The summed E-state index contributed by atoms with van der Waals surface area (Å²) in [6.45, 7) is 3.91. The predicted molar refractivity (Wildman–Crippen MR) is 106 cm³/mol. The molecule has 0 aliphatic rings. The lowest BCUT2D eigenvalue weighted by Crippen LogP contribution is -2.28. The van der Waals surface area contributed by atoms with Gasteiger partial charge in [-0.25, -0.2) is 0 Å². The van der Waals surface area contributed by atoms with Crippen LogP contribution in [0.15, 0.2) is 40.9 Å². The molecule has 0 aliphatic heterocycles. The molecule has 3 rings (SSSR count). The Bertz CT molecular complexity index is 1000. The van der Waals surface area contributed by atoms with Crippen LogP contribution in [-0.4, -0.2) is 36.9 Å². The van der Waals surface area contributed by atoms with Crippen LogP contribution in [0.2, 0.25) is 0 Å². The van der Waals surface area contributed by atoms with Crippen molar-refractivity contribution in [2.24, 2.45) is 0 Å². The first kappa shape index (κ1) is 20.2. The average Bonchev–Trinajstić information content (AvgIpc) is 3.21. The Morgan fingerprint density at radius 1 is 1.03 bits per heavy atom. The molecule has 0 bridgehead atoms. The van der Waals surface area contributed by atoms with Gasteiger partial charge in [0, 0.05) is 5.56 Å². The molecule has 1 amide bonds. The second-order valence-electron chi connectivity index (χ2n) is 6.42. The van der Waals surface area contributed by atoms with E-state index in [1.807, 2.05) is 32.0 Å². The zero-order valence-electron chi connectivity index (χ0n) is 16.8. The fourth-order valence-corrected chi connectivity index (χ4v) is 2.65. The third kappa shape index (κ3) is 5.04. The molecule has 8 nitrogen and oxygen atoms in total. The van der Waals surface area contributed by atoms with E-state index in [0.29, 0.717) is 28.6 Å². The Balaban J connectivity index is 1.56. The van der Waals surface area contributed by atoms with Crippen LogP contribution in [0.5, 0.6) is 17.2 Å². The van der Waals surface area contributed by atoms with Gasteiger partial charge in [0.1, 0.15) is 5.75 Å². The SMILES string of the molecule is COc1ccc(-c2noc(CNC(=O)COc3cc(C)ccc3C)n2)cc1OC. The molecular formula is C21H23N3O5. The maximum absolute atomic E-state index is 12.1. The Morgan fingerprint density at radius 3 is 2.59 bits per heavy atom. The number of hydrogen-bond donors (Lipinski definition) is 1. The third-order valence-corrected chi connectivity index (χ3v) is 4.25. The summed E-state index contributed by atoms with van der Waals surface area (Å²) in [7, 11) is 3.12. The molecule has 0 fully saturated rings. The lowest BCUT2D eigenvalue weighted by molar-refractivity contribution is -0.123. The number of hydrogen-bond acceptors (Lipinski definition) is 7. The summed E-state index contributed by atoms with van der Waals surface area (Å²) < 4.78 is 21.3. The lowest BCUT2D eigenvalue weighted by Gasteiger charge is -2.09. The number of nitrogens with one attached hydrogen (secondary N) is 1. The van der Waals surface area contributed by atoms with E-state index in [1.54, 1.807) is 32.4 Å². The molecule has 0 aliphatic carbocycles. The molecule has 1 heterocycles. The quantitative estimate of drug-likeness (QED) is 0.624. The molecule has 0 saturated heterocycles. The second-order valence-corrected chi connectivity index (χ2v) is 6.42. The smallest absolute Gasteiger partial charge is 0.258 e. The summed E-state index contributed by atoms with van der Waals surface area (Å²) in [6, 6.07) is 11.2. The molecule has 0 saturated carbocycles. The van der Waals surface area contributed by atoms with Gasteiger partial charge in [-0.3, -0.25) is 4.79 Å². The highest BCUT2D eigenvalue weighted by Gasteiger charge is 2.13. The highest BCUT2D eigenvalue weighted by atomic mass is 16.5. The van der Waals surface area contributed by atoms with Crippen LogP contribution in [0.3, 0.4) is 0 Å². The Labute approximate surface area is 168 Å². The minimum atomic E-state index is -0.281. The van der Waals surface area contributed by atoms with Crippen molar-refractivity contribution in [3.05, 3.63) is 53.4 Å². The number of aryl methyl sites for hydroxylation is 2. The Kier molecular flexibility index (Phi) is 6.33. The molecule has 0 radical (unpaired) electrons. The topological polar surface area (TPSA) is 95.7 Å². The summed E-state index contributed by atoms with van der Waals surface area (Å²) >= 11 is 0. The first-order valence-corrected chi connectivity index (χ1v) is 9.02. The molecule has 1 N–H and O–H groups in total. The maximum Gasteiger partial charge on any atom is 0.258 e. The molecule has 0 spiro atoms. The van der Waals surface area contributed by atoms with Crippen molar-refractivity contribution < 1.29 is 23.5 Å². The number of carbonyl (C=O) groups is 1. The van der Waals surface area contributed by atoms with Gasteiger partial charge in [-0.2, -0.15) is 4.98 Å². The van der Waals surface area contributed by atoms with Crippen LogP contribution in [0, 0.1) is 13.8 Å². The van der Waals surface area contributed by atoms with Crippen molar-refractivity contribution in [2.75, 3.05) is 20.8 Å². The number of benzene rings is 2. The van der Waals surface area contributed by atoms with Crippen molar-refractivity contribution in [3.8, 4) is 28.6 Å². The predicted octanol–water partition coefficient (Wildman–Crippen LogP) is 3.07. The number of carbonyl (C=O) groups excluding carboxylic acids is 1. The maximum atomic E-state index is 12.1. The highest BCUT2D eigenvalue weighted by Crippen LogP contribution is 2.31. The summed E-state index contributed by atoms with van der Waals surface area (Å²) in [5.74, 6) is 2.26. The average molecular weight is 397 g/mol. The van der Waals surface area contributed by atoms with Crippen LogP contribution >= 0.6 is 0 Å².